The van der Waals surface area contributed by atoms with E-state index in [1.54, 1.807) is 6.92 Å². The van der Waals surface area contributed by atoms with Gasteiger partial charge in [-0.2, -0.15) is 0 Å². The third kappa shape index (κ3) is 6.33. The maximum atomic E-state index is 14.2. The van der Waals surface area contributed by atoms with E-state index in [-0.39, 0.29) is 39.3 Å². The second-order valence-electron chi connectivity index (χ2n) is 12.1. The van der Waals surface area contributed by atoms with Crippen LogP contribution in [0.15, 0.2) is 42.5 Å². The highest BCUT2D eigenvalue weighted by Crippen LogP contribution is 2.41. The van der Waals surface area contributed by atoms with Crippen LogP contribution < -0.4 is 0 Å². The number of imide groups is 1. The van der Waals surface area contributed by atoms with Gasteiger partial charge in [0.05, 0.1) is 23.2 Å². The standard InChI is InChI=1S/C30H41NO5Si/c1-19(2)25-18-35-27(34)31(25)26(33)30(9,29(7,8)36-37-28(4,5)6)15-14-21-10-11-22-12-13-23(20(3)32)17-24(22)16-21/h10-17,19-20,25,32H,18H2,1-9H3/t20-,25+,30+/m1/s1. The summed E-state index contributed by atoms with van der Waals surface area (Å²) >= 11 is 0. The zero-order chi connectivity index (χ0) is 27.8. The number of rotatable bonds is 8. The predicted molar refractivity (Wildman–Crippen MR) is 149 cm³/mol. The maximum Gasteiger partial charge on any atom is 0.417 e. The number of nitrogens with zero attached hydrogens (tertiary/aromatic N) is 1. The Morgan fingerprint density at radius 3 is 2.32 bits per heavy atom. The predicted octanol–water partition coefficient (Wildman–Crippen LogP) is 6.55. The van der Waals surface area contributed by atoms with E-state index in [1.807, 2.05) is 83.2 Å². The number of carbonyl (C=O) groups is 2. The second-order valence-corrected chi connectivity index (χ2v) is 14.0. The van der Waals surface area contributed by atoms with Crippen molar-refractivity contribution < 1.29 is 23.9 Å². The summed E-state index contributed by atoms with van der Waals surface area (Å²) in [5, 5.41) is 12.0. The molecule has 2 amide bonds. The Balaban J connectivity index is 2.06. The van der Waals surface area contributed by atoms with Crippen LogP contribution in [0.5, 0.6) is 0 Å². The monoisotopic (exact) mass is 523 g/mol. The van der Waals surface area contributed by atoms with Crippen LogP contribution in [0, 0.1) is 11.3 Å². The summed E-state index contributed by atoms with van der Waals surface area (Å²) < 4.78 is 11.7. The van der Waals surface area contributed by atoms with E-state index in [0.29, 0.717) is 0 Å². The minimum Gasteiger partial charge on any atom is -0.447 e. The summed E-state index contributed by atoms with van der Waals surface area (Å²) in [4.78, 5) is 28.2. The number of amides is 2. The highest BCUT2D eigenvalue weighted by Gasteiger charge is 2.53. The van der Waals surface area contributed by atoms with Crippen molar-refractivity contribution in [1.82, 2.24) is 4.90 Å². The van der Waals surface area contributed by atoms with E-state index in [0.717, 1.165) is 21.9 Å². The summed E-state index contributed by atoms with van der Waals surface area (Å²) in [6.45, 7) is 17.9. The van der Waals surface area contributed by atoms with Crippen molar-refractivity contribution in [3.63, 3.8) is 0 Å². The Hall–Kier alpha value is -2.48. The molecule has 7 heteroatoms. The maximum absolute atomic E-state index is 14.2. The largest absolute Gasteiger partial charge is 0.447 e. The van der Waals surface area contributed by atoms with Crippen molar-refractivity contribution in [2.24, 2.45) is 11.3 Å². The molecule has 1 fully saturated rings. The molecule has 1 N–H and O–H groups in total. The fourth-order valence-electron chi connectivity index (χ4n) is 4.24. The van der Waals surface area contributed by atoms with Gasteiger partial charge in [-0.1, -0.05) is 71.0 Å². The van der Waals surface area contributed by atoms with Gasteiger partial charge in [0, 0.05) is 0 Å². The minimum absolute atomic E-state index is 0.0627. The Morgan fingerprint density at radius 2 is 1.73 bits per heavy atom. The number of carbonyl (C=O) groups excluding carboxylic acids is 2. The number of aliphatic hydroxyl groups is 1. The fourth-order valence-corrected chi connectivity index (χ4v) is 5.01. The van der Waals surface area contributed by atoms with Gasteiger partial charge >= 0.3 is 6.09 Å². The summed E-state index contributed by atoms with van der Waals surface area (Å²) in [5.74, 6) is -0.265. The molecule has 200 valence electrons. The highest BCUT2D eigenvalue weighted by atomic mass is 28.2. The molecule has 6 nitrogen and oxygen atoms in total. The average molecular weight is 524 g/mol. The van der Waals surface area contributed by atoms with Crippen LogP contribution in [0.4, 0.5) is 4.79 Å². The summed E-state index contributed by atoms with van der Waals surface area (Å²) in [6.07, 6.45) is 2.63. The first-order valence-corrected chi connectivity index (χ1v) is 13.8. The number of ether oxygens (including phenoxy) is 1. The van der Waals surface area contributed by atoms with Crippen molar-refractivity contribution in [3.8, 4) is 0 Å². The van der Waals surface area contributed by atoms with Gasteiger partial charge in [-0.25, -0.2) is 9.69 Å². The van der Waals surface area contributed by atoms with Crippen LogP contribution in [-0.2, 0) is 14.0 Å². The molecule has 0 bridgehead atoms. The van der Waals surface area contributed by atoms with Crippen LogP contribution in [0.25, 0.3) is 16.8 Å². The topological polar surface area (TPSA) is 76.1 Å². The molecule has 0 aromatic heterocycles. The Morgan fingerprint density at radius 1 is 1.08 bits per heavy atom. The lowest BCUT2D eigenvalue weighted by Gasteiger charge is -2.44. The quantitative estimate of drug-likeness (QED) is 0.397. The summed E-state index contributed by atoms with van der Waals surface area (Å²) in [5.41, 5.74) is -0.308. The van der Waals surface area contributed by atoms with Crippen molar-refractivity contribution in [3.05, 3.63) is 53.6 Å². The molecule has 2 aromatic rings. The van der Waals surface area contributed by atoms with Gasteiger partial charge in [0.2, 0.25) is 15.7 Å². The zero-order valence-electron chi connectivity index (χ0n) is 23.6. The van der Waals surface area contributed by atoms with Gasteiger partial charge in [-0.15, -0.1) is 0 Å². The fraction of sp³-hybridized carbons (Fsp3) is 0.533. The molecule has 2 aromatic carbocycles. The van der Waals surface area contributed by atoms with Crippen LogP contribution in [0.1, 0.15) is 79.5 Å². The van der Waals surface area contributed by atoms with Crippen LogP contribution >= 0.6 is 0 Å². The average Bonchev–Trinajstić information content (AvgIpc) is 3.21. The zero-order valence-corrected chi connectivity index (χ0v) is 24.6. The van der Waals surface area contributed by atoms with Gasteiger partial charge in [0.15, 0.2) is 0 Å². The molecule has 1 saturated heterocycles. The van der Waals surface area contributed by atoms with Crippen molar-refractivity contribution in [2.75, 3.05) is 6.61 Å². The third-order valence-corrected chi connectivity index (χ3v) is 8.41. The van der Waals surface area contributed by atoms with Gasteiger partial charge in [-0.05, 0) is 72.7 Å². The molecule has 3 rings (SSSR count). The van der Waals surface area contributed by atoms with E-state index in [4.69, 9.17) is 9.16 Å². The number of cyclic esters (lactones) is 1. The Bertz CT molecular complexity index is 1180. The van der Waals surface area contributed by atoms with Gasteiger partial charge < -0.3 is 14.3 Å². The lowest BCUT2D eigenvalue weighted by Crippen LogP contribution is -2.57. The van der Waals surface area contributed by atoms with Crippen LogP contribution in [-0.4, -0.2) is 50.0 Å². The third-order valence-electron chi connectivity index (χ3n) is 7.18. The molecule has 0 aliphatic carbocycles. The number of benzene rings is 2. The van der Waals surface area contributed by atoms with Gasteiger partial charge in [-0.3, -0.25) is 4.79 Å². The minimum atomic E-state index is -1.15. The Kier molecular flexibility index (Phi) is 8.42. The van der Waals surface area contributed by atoms with E-state index in [2.05, 4.69) is 20.8 Å². The molecule has 3 atom stereocenters. The molecule has 1 aliphatic heterocycles. The van der Waals surface area contributed by atoms with E-state index >= 15 is 0 Å². The van der Waals surface area contributed by atoms with E-state index in [1.165, 1.54) is 4.90 Å². The van der Waals surface area contributed by atoms with Crippen molar-refractivity contribution in [2.45, 2.75) is 85.1 Å². The Labute approximate surface area is 224 Å². The van der Waals surface area contributed by atoms with Crippen molar-refractivity contribution in [1.29, 1.82) is 0 Å². The van der Waals surface area contributed by atoms with Crippen LogP contribution in [0.3, 0.4) is 0 Å². The molecule has 0 unspecified atom stereocenters. The lowest BCUT2D eigenvalue weighted by molar-refractivity contribution is -0.146. The van der Waals surface area contributed by atoms with Crippen molar-refractivity contribution >= 4 is 38.6 Å². The number of fused-ring (bicyclic) bond motifs is 1. The lowest BCUT2D eigenvalue weighted by atomic mass is 9.73. The normalized spacial score (nSPS) is 19.5. The molecular formula is C30H41NO5Si. The molecule has 0 saturated carbocycles. The summed E-state index contributed by atoms with van der Waals surface area (Å²) in [6, 6.07) is 11.6. The first-order valence-electron chi connectivity index (χ1n) is 12.9. The van der Waals surface area contributed by atoms with Gasteiger partial charge in [0.1, 0.15) is 6.61 Å². The summed E-state index contributed by atoms with van der Waals surface area (Å²) in [7, 11) is 0.162. The first-order chi connectivity index (χ1) is 17.1. The number of aliphatic hydroxyl groups excluding tert-OH is 1. The SMILES string of the molecule is CC(C)[C@@H]1COC(=O)N1C(=O)[C@](C)(C=Cc1ccc2ccc([C@@H](C)O)cc2c1)C(C)(C)O[Si]C(C)(C)C. The molecule has 37 heavy (non-hydrogen) atoms. The molecule has 2 radical (unpaired) electrons. The molecular weight excluding hydrogens is 482 g/mol. The highest BCUT2D eigenvalue weighted by molar-refractivity contribution is 6.32. The second kappa shape index (κ2) is 10.7. The molecule has 1 aliphatic rings. The smallest absolute Gasteiger partial charge is 0.417 e. The van der Waals surface area contributed by atoms with E-state index in [9.17, 15) is 14.7 Å². The van der Waals surface area contributed by atoms with Crippen LogP contribution in [0.2, 0.25) is 5.04 Å². The number of hydrogen-bond donors (Lipinski definition) is 1. The first kappa shape index (κ1) is 29.1. The van der Waals surface area contributed by atoms with Gasteiger partial charge in [0.25, 0.3) is 0 Å². The number of hydrogen-bond acceptors (Lipinski definition) is 5. The molecule has 1 heterocycles. The molecule has 0 spiro atoms. The van der Waals surface area contributed by atoms with E-state index < -0.39 is 23.2 Å².